The number of hydrogen-bond donors (Lipinski definition) is 0. The fraction of sp³-hybridized carbons (Fsp3) is 0.250. The molecule has 0 aliphatic heterocycles. The summed E-state index contributed by atoms with van der Waals surface area (Å²) < 4.78 is 1.14. The molecule has 0 rings (SSSR count). The van der Waals surface area contributed by atoms with Crippen molar-refractivity contribution in [1.29, 1.82) is 0 Å². The molecule has 0 aliphatic carbocycles. The Morgan fingerprint density at radius 1 is 1.22 bits per heavy atom. The second-order valence-electron chi connectivity index (χ2n) is 1.66. The van der Waals surface area contributed by atoms with Crippen LogP contribution in [-0.2, 0) is 0 Å². The second-order valence-corrected chi connectivity index (χ2v) is 2.91. The van der Waals surface area contributed by atoms with Gasteiger partial charge in [0.15, 0.2) is 0 Å². The average Bonchev–Trinajstić information content (AvgIpc) is 1.80. The number of rotatable bonds is 2. The Kier molecular flexibility index (Phi) is 5.64. The Labute approximate surface area is 65.1 Å². The van der Waals surface area contributed by atoms with Crippen molar-refractivity contribution in [2.75, 3.05) is 0 Å². The Balaban J connectivity index is 3.60. The molecule has 0 heterocycles. The van der Waals surface area contributed by atoms with Gasteiger partial charge in [-0.25, -0.2) is 0 Å². The summed E-state index contributed by atoms with van der Waals surface area (Å²) in [6, 6.07) is 0. The van der Waals surface area contributed by atoms with Crippen LogP contribution in [0.5, 0.6) is 0 Å². The summed E-state index contributed by atoms with van der Waals surface area (Å²) in [5.74, 6) is 0. The average molecular weight is 187 g/mol. The van der Waals surface area contributed by atoms with E-state index in [0.29, 0.717) is 0 Å². The van der Waals surface area contributed by atoms with Crippen LogP contribution in [0.4, 0.5) is 0 Å². The number of hydrogen-bond acceptors (Lipinski definition) is 0. The molecule has 1 heteroatoms. The molecular formula is C8H11Br. The van der Waals surface area contributed by atoms with Gasteiger partial charge in [-0.3, -0.25) is 0 Å². The normalized spacial score (nSPS) is 13.9. The standard InChI is InChI=1S/C8H11Br/c1-3-4-5-6-7-8(2)9/h3-7H,1-2H3/b4-3-,6-5-,8-7+. The fourth-order valence-electron chi connectivity index (χ4n) is 0.363. The van der Waals surface area contributed by atoms with E-state index in [1.54, 1.807) is 0 Å². The summed E-state index contributed by atoms with van der Waals surface area (Å²) in [7, 11) is 0. The molecule has 0 saturated carbocycles. The maximum Gasteiger partial charge on any atom is -0.00804 e. The van der Waals surface area contributed by atoms with E-state index in [1.165, 1.54) is 0 Å². The number of halogens is 1. The number of allylic oxidation sites excluding steroid dienone is 6. The molecule has 0 spiro atoms. The van der Waals surface area contributed by atoms with Gasteiger partial charge in [0.25, 0.3) is 0 Å². The van der Waals surface area contributed by atoms with Crippen molar-refractivity contribution in [3.8, 4) is 0 Å². The van der Waals surface area contributed by atoms with E-state index in [4.69, 9.17) is 0 Å². The van der Waals surface area contributed by atoms with E-state index in [1.807, 2.05) is 44.2 Å². The van der Waals surface area contributed by atoms with Crippen molar-refractivity contribution in [2.45, 2.75) is 13.8 Å². The van der Waals surface area contributed by atoms with Crippen molar-refractivity contribution in [3.05, 3.63) is 34.9 Å². The zero-order valence-electron chi connectivity index (χ0n) is 5.76. The molecule has 0 aromatic heterocycles. The Morgan fingerprint density at radius 3 is 2.33 bits per heavy atom. The summed E-state index contributed by atoms with van der Waals surface area (Å²) in [6.45, 7) is 4.00. The van der Waals surface area contributed by atoms with Gasteiger partial charge in [-0.15, -0.1) is 0 Å². The lowest BCUT2D eigenvalue weighted by molar-refractivity contribution is 1.68. The van der Waals surface area contributed by atoms with Crippen LogP contribution in [0.2, 0.25) is 0 Å². The summed E-state index contributed by atoms with van der Waals surface area (Å²) in [5.41, 5.74) is 0. The third kappa shape index (κ3) is 7.70. The van der Waals surface area contributed by atoms with Crippen LogP contribution in [0.3, 0.4) is 0 Å². The first-order valence-electron chi connectivity index (χ1n) is 2.89. The Hall–Kier alpha value is -0.300. The molecular weight excluding hydrogens is 176 g/mol. The molecule has 0 aromatic rings. The highest BCUT2D eigenvalue weighted by molar-refractivity contribution is 9.11. The fourth-order valence-corrected chi connectivity index (χ4v) is 0.516. The molecule has 0 unspecified atom stereocenters. The molecule has 50 valence electrons. The minimum Gasteiger partial charge on any atom is -0.0877 e. The van der Waals surface area contributed by atoms with E-state index < -0.39 is 0 Å². The molecule has 0 radical (unpaired) electrons. The monoisotopic (exact) mass is 186 g/mol. The molecule has 0 fully saturated rings. The van der Waals surface area contributed by atoms with Crippen molar-refractivity contribution in [1.82, 2.24) is 0 Å². The van der Waals surface area contributed by atoms with Gasteiger partial charge in [-0.05, 0) is 18.3 Å². The van der Waals surface area contributed by atoms with E-state index in [-0.39, 0.29) is 0 Å². The molecule has 0 N–H and O–H groups in total. The second kappa shape index (κ2) is 5.83. The molecule has 0 nitrogen and oxygen atoms in total. The third-order valence-corrected chi connectivity index (χ3v) is 1.00. The molecule has 0 aromatic carbocycles. The van der Waals surface area contributed by atoms with Crippen LogP contribution >= 0.6 is 15.9 Å². The van der Waals surface area contributed by atoms with Gasteiger partial charge in [-0.1, -0.05) is 46.3 Å². The molecule has 0 atom stereocenters. The van der Waals surface area contributed by atoms with E-state index in [0.717, 1.165) is 4.48 Å². The summed E-state index contributed by atoms with van der Waals surface area (Å²) in [4.78, 5) is 0. The Bertz CT molecular complexity index is 137. The zero-order valence-corrected chi connectivity index (χ0v) is 7.35. The lowest BCUT2D eigenvalue weighted by atomic mass is 10.4. The van der Waals surface area contributed by atoms with Gasteiger partial charge in [0.05, 0.1) is 0 Å². The van der Waals surface area contributed by atoms with Gasteiger partial charge in [-0.2, -0.15) is 0 Å². The maximum atomic E-state index is 3.31. The summed E-state index contributed by atoms with van der Waals surface area (Å²) in [6.07, 6.45) is 9.97. The molecule has 0 amide bonds. The largest absolute Gasteiger partial charge is 0.0877 e. The van der Waals surface area contributed by atoms with Crippen LogP contribution in [0, 0.1) is 0 Å². The van der Waals surface area contributed by atoms with Gasteiger partial charge in [0.2, 0.25) is 0 Å². The minimum absolute atomic E-state index is 1.14. The van der Waals surface area contributed by atoms with E-state index >= 15 is 0 Å². The smallest absolute Gasteiger partial charge is 0.00804 e. The third-order valence-electron chi connectivity index (χ3n) is 0.741. The van der Waals surface area contributed by atoms with Crippen LogP contribution < -0.4 is 0 Å². The zero-order chi connectivity index (χ0) is 7.11. The first-order chi connectivity index (χ1) is 4.27. The van der Waals surface area contributed by atoms with Gasteiger partial charge >= 0.3 is 0 Å². The predicted molar refractivity (Wildman–Crippen MR) is 46.6 cm³/mol. The van der Waals surface area contributed by atoms with Gasteiger partial charge in [0, 0.05) is 0 Å². The maximum absolute atomic E-state index is 3.31. The van der Waals surface area contributed by atoms with E-state index in [2.05, 4.69) is 15.9 Å². The summed E-state index contributed by atoms with van der Waals surface area (Å²) >= 11 is 3.31. The van der Waals surface area contributed by atoms with Crippen LogP contribution in [-0.4, -0.2) is 0 Å². The quantitative estimate of drug-likeness (QED) is 0.581. The van der Waals surface area contributed by atoms with Crippen molar-refractivity contribution >= 4 is 15.9 Å². The lowest BCUT2D eigenvalue weighted by Gasteiger charge is -1.76. The highest BCUT2D eigenvalue weighted by atomic mass is 79.9. The van der Waals surface area contributed by atoms with Crippen LogP contribution in [0.1, 0.15) is 13.8 Å². The van der Waals surface area contributed by atoms with Crippen LogP contribution in [0.25, 0.3) is 0 Å². The topological polar surface area (TPSA) is 0 Å². The highest BCUT2D eigenvalue weighted by Crippen LogP contribution is 2.00. The van der Waals surface area contributed by atoms with Gasteiger partial charge in [0.1, 0.15) is 0 Å². The van der Waals surface area contributed by atoms with Crippen molar-refractivity contribution in [2.24, 2.45) is 0 Å². The van der Waals surface area contributed by atoms with Crippen LogP contribution in [0.15, 0.2) is 34.9 Å². The first-order valence-corrected chi connectivity index (χ1v) is 3.68. The van der Waals surface area contributed by atoms with E-state index in [9.17, 15) is 0 Å². The lowest BCUT2D eigenvalue weighted by Crippen LogP contribution is -1.52. The predicted octanol–water partition coefficient (Wildman–Crippen LogP) is 3.42. The minimum atomic E-state index is 1.14. The molecule has 0 aliphatic rings. The van der Waals surface area contributed by atoms with Gasteiger partial charge < -0.3 is 0 Å². The molecule has 0 saturated heterocycles. The van der Waals surface area contributed by atoms with Crippen molar-refractivity contribution in [3.63, 3.8) is 0 Å². The first kappa shape index (κ1) is 8.70. The molecule has 9 heavy (non-hydrogen) atoms. The van der Waals surface area contributed by atoms with Crippen molar-refractivity contribution < 1.29 is 0 Å². The Morgan fingerprint density at radius 2 is 1.89 bits per heavy atom. The SMILES string of the molecule is C\C=C/C=C\C=C(/C)Br. The molecule has 0 bridgehead atoms. The summed E-state index contributed by atoms with van der Waals surface area (Å²) in [5, 5.41) is 0. The highest BCUT2D eigenvalue weighted by Gasteiger charge is 1.69.